The molecule has 4 heteroatoms. The highest BCUT2D eigenvalue weighted by Gasteiger charge is 2.31. The highest BCUT2D eigenvalue weighted by molar-refractivity contribution is 9.10. The number of halogens is 1. The van der Waals surface area contributed by atoms with Crippen molar-refractivity contribution in [2.45, 2.75) is 5.92 Å². The van der Waals surface area contributed by atoms with E-state index < -0.39 is 0 Å². The summed E-state index contributed by atoms with van der Waals surface area (Å²) in [5.74, 6) is 0.695. The van der Waals surface area contributed by atoms with Crippen molar-refractivity contribution < 1.29 is 9.53 Å². The monoisotopic (exact) mass is 341 g/mol. The highest BCUT2D eigenvalue weighted by Crippen LogP contribution is 2.37. The number of aromatic amines is 1. The number of carbonyl (C=O) groups is 1. The number of hydrogen-bond donors (Lipinski definition) is 1. The summed E-state index contributed by atoms with van der Waals surface area (Å²) in [6.45, 7) is 0.416. The normalized spacial score (nSPS) is 16.7. The van der Waals surface area contributed by atoms with Gasteiger partial charge >= 0.3 is 0 Å². The molecule has 3 nitrogen and oxygen atoms in total. The summed E-state index contributed by atoms with van der Waals surface area (Å²) >= 11 is 3.46. The number of H-pyrrole nitrogens is 1. The average molecular weight is 342 g/mol. The molecule has 0 radical (unpaired) electrons. The fraction of sp³-hybridized carbons (Fsp3) is 0.118. The van der Waals surface area contributed by atoms with Crippen LogP contribution in [-0.2, 0) is 0 Å². The molecule has 1 aliphatic rings. The van der Waals surface area contributed by atoms with Gasteiger partial charge in [0.1, 0.15) is 12.4 Å². The van der Waals surface area contributed by atoms with Crippen LogP contribution in [0.2, 0.25) is 0 Å². The Balaban J connectivity index is 1.80. The Labute approximate surface area is 130 Å². The summed E-state index contributed by atoms with van der Waals surface area (Å²) in [5, 5.41) is 0.943. The second kappa shape index (κ2) is 4.74. The van der Waals surface area contributed by atoms with Gasteiger partial charge in [0, 0.05) is 32.7 Å². The SMILES string of the molecule is O=C(c1c[nH]c2ccc(Br)cc12)C1COc2ccccc21. The van der Waals surface area contributed by atoms with E-state index in [0.29, 0.717) is 6.61 Å². The molecule has 4 rings (SSSR count). The summed E-state index contributed by atoms with van der Waals surface area (Å²) in [6, 6.07) is 13.6. The Morgan fingerprint density at radius 2 is 2.10 bits per heavy atom. The molecule has 1 N–H and O–H groups in total. The summed E-state index contributed by atoms with van der Waals surface area (Å²) < 4.78 is 6.59. The Bertz CT molecular complexity index is 853. The van der Waals surface area contributed by atoms with Crippen LogP contribution in [0.5, 0.6) is 5.75 Å². The van der Waals surface area contributed by atoms with E-state index in [2.05, 4.69) is 20.9 Å². The minimum Gasteiger partial charge on any atom is -0.492 e. The van der Waals surface area contributed by atoms with E-state index in [9.17, 15) is 4.79 Å². The molecule has 1 aliphatic heterocycles. The molecule has 1 unspecified atom stereocenters. The molecular formula is C17H12BrNO2. The second-order valence-electron chi connectivity index (χ2n) is 5.16. The summed E-state index contributed by atoms with van der Waals surface area (Å²) in [6.07, 6.45) is 1.79. The number of carbonyl (C=O) groups excluding carboxylic acids is 1. The van der Waals surface area contributed by atoms with Crippen molar-refractivity contribution in [3.8, 4) is 5.75 Å². The van der Waals surface area contributed by atoms with E-state index in [-0.39, 0.29) is 11.7 Å². The van der Waals surface area contributed by atoms with Gasteiger partial charge in [-0.05, 0) is 24.3 Å². The maximum absolute atomic E-state index is 12.9. The van der Waals surface area contributed by atoms with Gasteiger partial charge in [0.2, 0.25) is 0 Å². The van der Waals surface area contributed by atoms with Crippen molar-refractivity contribution in [1.29, 1.82) is 0 Å². The number of benzene rings is 2. The predicted octanol–water partition coefficient (Wildman–Crippen LogP) is 4.29. The fourth-order valence-electron chi connectivity index (χ4n) is 2.86. The first-order chi connectivity index (χ1) is 10.2. The third-order valence-electron chi connectivity index (χ3n) is 3.93. The van der Waals surface area contributed by atoms with Gasteiger partial charge in [-0.15, -0.1) is 0 Å². The predicted molar refractivity (Wildman–Crippen MR) is 85.0 cm³/mol. The second-order valence-corrected chi connectivity index (χ2v) is 6.07. The Kier molecular flexibility index (Phi) is 2.86. The number of Topliss-reactive ketones (excluding diaryl/α,β-unsaturated/α-hetero) is 1. The molecule has 104 valence electrons. The third kappa shape index (κ3) is 1.98. The van der Waals surface area contributed by atoms with Gasteiger partial charge in [0.05, 0.1) is 5.92 Å². The quantitative estimate of drug-likeness (QED) is 0.706. The maximum Gasteiger partial charge on any atom is 0.176 e. The average Bonchev–Trinajstić information content (AvgIpc) is 3.10. The van der Waals surface area contributed by atoms with Gasteiger partial charge in [-0.3, -0.25) is 4.79 Å². The molecule has 21 heavy (non-hydrogen) atoms. The maximum atomic E-state index is 12.9. The lowest BCUT2D eigenvalue weighted by Crippen LogP contribution is -2.13. The molecule has 0 fully saturated rings. The first kappa shape index (κ1) is 12.7. The van der Waals surface area contributed by atoms with Crippen LogP contribution in [0, 0.1) is 0 Å². The van der Waals surface area contributed by atoms with Gasteiger partial charge in [-0.1, -0.05) is 34.1 Å². The Hall–Kier alpha value is -2.07. The zero-order chi connectivity index (χ0) is 14.4. The number of ketones is 1. The van der Waals surface area contributed by atoms with Crippen molar-refractivity contribution in [2.75, 3.05) is 6.61 Å². The molecule has 1 aromatic heterocycles. The molecular weight excluding hydrogens is 330 g/mol. The lowest BCUT2D eigenvalue weighted by Gasteiger charge is -2.07. The van der Waals surface area contributed by atoms with Crippen LogP contribution in [0.1, 0.15) is 21.8 Å². The van der Waals surface area contributed by atoms with Crippen molar-refractivity contribution in [2.24, 2.45) is 0 Å². The number of ether oxygens (including phenoxy) is 1. The number of aromatic nitrogens is 1. The lowest BCUT2D eigenvalue weighted by atomic mass is 9.92. The molecule has 0 bridgehead atoms. The highest BCUT2D eigenvalue weighted by atomic mass is 79.9. The number of nitrogens with one attached hydrogen (secondary N) is 1. The fourth-order valence-corrected chi connectivity index (χ4v) is 3.23. The smallest absolute Gasteiger partial charge is 0.176 e. The van der Waals surface area contributed by atoms with Crippen LogP contribution in [0.25, 0.3) is 10.9 Å². The van der Waals surface area contributed by atoms with E-state index in [4.69, 9.17) is 4.74 Å². The molecule has 0 saturated heterocycles. The van der Waals surface area contributed by atoms with Crippen LogP contribution in [0.15, 0.2) is 53.1 Å². The first-order valence-corrected chi connectivity index (χ1v) is 7.56. The van der Waals surface area contributed by atoms with E-state index in [0.717, 1.165) is 32.3 Å². The van der Waals surface area contributed by atoms with E-state index >= 15 is 0 Å². The third-order valence-corrected chi connectivity index (χ3v) is 4.42. The minimum atomic E-state index is -0.223. The standard InChI is InChI=1S/C17H12BrNO2/c18-10-5-6-15-12(7-10)13(8-19-15)17(20)14-9-21-16-4-2-1-3-11(14)16/h1-8,14,19H,9H2. The lowest BCUT2D eigenvalue weighted by molar-refractivity contribution is 0.0949. The van der Waals surface area contributed by atoms with Gasteiger partial charge in [0.15, 0.2) is 5.78 Å². The van der Waals surface area contributed by atoms with Gasteiger partial charge in [-0.25, -0.2) is 0 Å². The Morgan fingerprint density at radius 3 is 3.00 bits per heavy atom. The van der Waals surface area contributed by atoms with Crippen LogP contribution < -0.4 is 4.74 Å². The summed E-state index contributed by atoms with van der Waals surface area (Å²) in [4.78, 5) is 16.0. The van der Waals surface area contributed by atoms with Crippen LogP contribution in [0.4, 0.5) is 0 Å². The van der Waals surface area contributed by atoms with Gasteiger partial charge in [-0.2, -0.15) is 0 Å². The molecule has 0 aliphatic carbocycles. The number of para-hydroxylation sites is 1. The van der Waals surface area contributed by atoms with E-state index in [1.165, 1.54) is 0 Å². The zero-order valence-electron chi connectivity index (χ0n) is 11.1. The number of hydrogen-bond acceptors (Lipinski definition) is 2. The summed E-state index contributed by atoms with van der Waals surface area (Å²) in [7, 11) is 0. The molecule has 0 saturated carbocycles. The first-order valence-electron chi connectivity index (χ1n) is 6.76. The Morgan fingerprint density at radius 1 is 1.24 bits per heavy atom. The topological polar surface area (TPSA) is 42.1 Å². The van der Waals surface area contributed by atoms with Gasteiger partial charge in [0.25, 0.3) is 0 Å². The molecule has 2 aromatic carbocycles. The minimum absolute atomic E-state index is 0.101. The molecule has 0 amide bonds. The number of rotatable bonds is 2. The largest absolute Gasteiger partial charge is 0.492 e. The molecule has 1 atom stereocenters. The van der Waals surface area contributed by atoms with Crippen molar-refractivity contribution in [1.82, 2.24) is 4.98 Å². The molecule has 3 aromatic rings. The van der Waals surface area contributed by atoms with Crippen LogP contribution >= 0.6 is 15.9 Å². The summed E-state index contributed by atoms with van der Waals surface area (Å²) in [5.41, 5.74) is 2.66. The molecule has 2 heterocycles. The van der Waals surface area contributed by atoms with Crippen LogP contribution in [0.3, 0.4) is 0 Å². The van der Waals surface area contributed by atoms with E-state index in [1.807, 2.05) is 42.5 Å². The van der Waals surface area contributed by atoms with Crippen molar-refractivity contribution >= 4 is 32.6 Å². The zero-order valence-corrected chi connectivity index (χ0v) is 12.7. The van der Waals surface area contributed by atoms with Crippen LogP contribution in [-0.4, -0.2) is 17.4 Å². The number of fused-ring (bicyclic) bond motifs is 2. The van der Waals surface area contributed by atoms with Crippen molar-refractivity contribution in [3.05, 3.63) is 64.3 Å². The molecule has 0 spiro atoms. The van der Waals surface area contributed by atoms with E-state index in [1.54, 1.807) is 6.20 Å². The van der Waals surface area contributed by atoms with Crippen molar-refractivity contribution in [3.63, 3.8) is 0 Å². The van der Waals surface area contributed by atoms with Gasteiger partial charge < -0.3 is 9.72 Å².